The molecule has 1 heterocycles. The van der Waals surface area contributed by atoms with Crippen molar-refractivity contribution in [1.82, 2.24) is 9.62 Å². The number of methoxy groups -OCH3 is 1. The fraction of sp³-hybridized carbons (Fsp3) is 0.533. The van der Waals surface area contributed by atoms with Gasteiger partial charge in [0.2, 0.25) is 15.9 Å². The standard InChI is InChI=1S/C15H22N2O4S/c1-21-11-9-16-15(18)13-6-5-10-17(12-13)22(19,20)14-7-3-2-4-8-14/h2-4,7-8,13H,5-6,9-12H2,1H3,(H,16,18). The van der Waals surface area contributed by atoms with E-state index in [4.69, 9.17) is 4.74 Å². The normalized spacial score (nSPS) is 19.8. The topological polar surface area (TPSA) is 75.7 Å². The largest absolute Gasteiger partial charge is 0.383 e. The number of nitrogens with one attached hydrogen (secondary N) is 1. The van der Waals surface area contributed by atoms with Crippen LogP contribution in [0.5, 0.6) is 0 Å². The molecule has 2 rings (SSSR count). The van der Waals surface area contributed by atoms with E-state index in [-0.39, 0.29) is 23.3 Å². The first kappa shape index (κ1) is 16.9. The lowest BCUT2D eigenvalue weighted by Gasteiger charge is -2.31. The second-order valence-electron chi connectivity index (χ2n) is 5.30. The van der Waals surface area contributed by atoms with Crippen molar-refractivity contribution < 1.29 is 17.9 Å². The lowest BCUT2D eigenvalue weighted by Crippen LogP contribution is -2.45. The van der Waals surface area contributed by atoms with Crippen molar-refractivity contribution in [3.63, 3.8) is 0 Å². The Morgan fingerprint density at radius 1 is 1.36 bits per heavy atom. The van der Waals surface area contributed by atoms with E-state index in [0.29, 0.717) is 32.5 Å². The number of piperidine rings is 1. The first-order chi connectivity index (χ1) is 10.6. The molecule has 0 aromatic heterocycles. The maximum atomic E-state index is 12.6. The van der Waals surface area contributed by atoms with E-state index in [1.807, 2.05) is 0 Å². The Labute approximate surface area is 131 Å². The highest BCUT2D eigenvalue weighted by Crippen LogP contribution is 2.23. The number of carbonyl (C=O) groups excluding carboxylic acids is 1. The minimum atomic E-state index is -3.52. The maximum absolute atomic E-state index is 12.6. The van der Waals surface area contributed by atoms with Gasteiger partial charge >= 0.3 is 0 Å². The summed E-state index contributed by atoms with van der Waals surface area (Å²) >= 11 is 0. The molecule has 122 valence electrons. The molecule has 22 heavy (non-hydrogen) atoms. The summed E-state index contributed by atoms with van der Waals surface area (Å²) in [5.41, 5.74) is 0. The molecular formula is C15H22N2O4S. The zero-order valence-electron chi connectivity index (χ0n) is 12.7. The summed E-state index contributed by atoms with van der Waals surface area (Å²) in [5, 5.41) is 2.78. The van der Waals surface area contributed by atoms with Gasteiger partial charge in [0.15, 0.2) is 0 Å². The van der Waals surface area contributed by atoms with E-state index >= 15 is 0 Å². The Kier molecular flexibility index (Phi) is 5.93. The van der Waals surface area contributed by atoms with Crippen molar-refractivity contribution in [1.29, 1.82) is 0 Å². The summed E-state index contributed by atoms with van der Waals surface area (Å²) in [4.78, 5) is 12.4. The third kappa shape index (κ3) is 4.06. The first-order valence-electron chi connectivity index (χ1n) is 7.37. The van der Waals surface area contributed by atoms with E-state index in [0.717, 1.165) is 0 Å². The van der Waals surface area contributed by atoms with Crippen LogP contribution in [0.4, 0.5) is 0 Å². The molecule has 1 aromatic carbocycles. The van der Waals surface area contributed by atoms with Crippen LogP contribution in [0.3, 0.4) is 0 Å². The van der Waals surface area contributed by atoms with Crippen LogP contribution in [-0.4, -0.2) is 52.0 Å². The number of benzene rings is 1. The average molecular weight is 326 g/mol. The second kappa shape index (κ2) is 7.71. The molecule has 1 N–H and O–H groups in total. The smallest absolute Gasteiger partial charge is 0.243 e. The highest BCUT2D eigenvalue weighted by Gasteiger charge is 2.32. The van der Waals surface area contributed by atoms with Crippen molar-refractivity contribution >= 4 is 15.9 Å². The summed E-state index contributed by atoms with van der Waals surface area (Å²) in [6.07, 6.45) is 1.40. The Morgan fingerprint density at radius 2 is 2.09 bits per heavy atom. The Bertz CT molecular complexity index is 589. The van der Waals surface area contributed by atoms with Crippen LogP contribution in [-0.2, 0) is 19.6 Å². The van der Waals surface area contributed by atoms with Crippen molar-refractivity contribution in [3.8, 4) is 0 Å². The Morgan fingerprint density at radius 3 is 2.77 bits per heavy atom. The van der Waals surface area contributed by atoms with E-state index in [1.54, 1.807) is 37.4 Å². The molecule has 0 bridgehead atoms. The van der Waals surface area contributed by atoms with Crippen LogP contribution in [0.25, 0.3) is 0 Å². The summed E-state index contributed by atoms with van der Waals surface area (Å²) < 4.78 is 31.5. The second-order valence-corrected chi connectivity index (χ2v) is 7.24. The van der Waals surface area contributed by atoms with Crippen molar-refractivity contribution in [3.05, 3.63) is 30.3 Å². The molecule has 0 saturated carbocycles. The van der Waals surface area contributed by atoms with E-state index < -0.39 is 10.0 Å². The molecule has 1 fully saturated rings. The molecule has 1 amide bonds. The van der Waals surface area contributed by atoms with Gasteiger partial charge in [-0.15, -0.1) is 0 Å². The fourth-order valence-corrected chi connectivity index (χ4v) is 4.08. The first-order valence-corrected chi connectivity index (χ1v) is 8.81. The molecule has 1 aliphatic heterocycles. The number of sulfonamides is 1. The molecule has 1 atom stereocenters. The summed E-state index contributed by atoms with van der Waals surface area (Å²) in [5.74, 6) is -0.408. The van der Waals surface area contributed by atoms with Crippen LogP contribution < -0.4 is 5.32 Å². The minimum Gasteiger partial charge on any atom is -0.383 e. The third-order valence-corrected chi connectivity index (χ3v) is 5.62. The zero-order valence-corrected chi connectivity index (χ0v) is 13.5. The number of hydrogen-bond donors (Lipinski definition) is 1. The summed E-state index contributed by atoms with van der Waals surface area (Å²) in [6.45, 7) is 1.58. The van der Waals surface area contributed by atoms with Gasteiger partial charge in [0.05, 0.1) is 17.4 Å². The van der Waals surface area contributed by atoms with E-state index in [9.17, 15) is 13.2 Å². The number of hydrogen-bond acceptors (Lipinski definition) is 4. The molecule has 1 aliphatic rings. The predicted octanol–water partition coefficient (Wildman–Crippen LogP) is 0.850. The SMILES string of the molecule is COCCNC(=O)C1CCCN(S(=O)(=O)c2ccccc2)C1. The predicted molar refractivity (Wildman–Crippen MR) is 82.8 cm³/mol. The number of ether oxygens (including phenoxy) is 1. The van der Waals surface area contributed by atoms with Crippen LogP contribution in [0.2, 0.25) is 0 Å². The number of rotatable bonds is 6. The van der Waals surface area contributed by atoms with Crippen LogP contribution in [0.1, 0.15) is 12.8 Å². The lowest BCUT2D eigenvalue weighted by atomic mass is 9.99. The summed E-state index contributed by atoms with van der Waals surface area (Å²) in [7, 11) is -1.95. The minimum absolute atomic E-state index is 0.106. The summed E-state index contributed by atoms with van der Waals surface area (Å²) in [6, 6.07) is 8.34. The highest BCUT2D eigenvalue weighted by molar-refractivity contribution is 7.89. The van der Waals surface area contributed by atoms with Gasteiger partial charge in [-0.1, -0.05) is 18.2 Å². The number of amides is 1. The van der Waals surface area contributed by atoms with Gasteiger partial charge < -0.3 is 10.1 Å². The zero-order chi connectivity index (χ0) is 16.0. The van der Waals surface area contributed by atoms with Gasteiger partial charge in [-0.25, -0.2) is 8.42 Å². The molecule has 0 radical (unpaired) electrons. The molecule has 1 unspecified atom stereocenters. The van der Waals surface area contributed by atoms with Gasteiger partial charge in [0, 0.05) is 26.7 Å². The van der Waals surface area contributed by atoms with Gasteiger partial charge in [0.1, 0.15) is 0 Å². The maximum Gasteiger partial charge on any atom is 0.243 e. The van der Waals surface area contributed by atoms with Crippen molar-refractivity contribution in [2.45, 2.75) is 17.7 Å². The third-order valence-electron chi connectivity index (χ3n) is 3.74. The number of carbonyl (C=O) groups is 1. The van der Waals surface area contributed by atoms with Crippen LogP contribution in [0, 0.1) is 5.92 Å². The number of nitrogens with zero attached hydrogens (tertiary/aromatic N) is 1. The molecule has 0 aliphatic carbocycles. The molecule has 1 aromatic rings. The van der Waals surface area contributed by atoms with Crippen molar-refractivity contribution in [2.75, 3.05) is 33.4 Å². The van der Waals surface area contributed by atoms with E-state index in [2.05, 4.69) is 5.32 Å². The van der Waals surface area contributed by atoms with Gasteiger partial charge in [-0.2, -0.15) is 4.31 Å². The van der Waals surface area contributed by atoms with Crippen LogP contribution in [0.15, 0.2) is 35.2 Å². The Hall–Kier alpha value is -1.44. The van der Waals surface area contributed by atoms with Gasteiger partial charge in [-0.05, 0) is 25.0 Å². The molecular weight excluding hydrogens is 304 g/mol. The molecule has 1 saturated heterocycles. The van der Waals surface area contributed by atoms with Crippen molar-refractivity contribution in [2.24, 2.45) is 5.92 Å². The van der Waals surface area contributed by atoms with Gasteiger partial charge in [0.25, 0.3) is 0 Å². The van der Waals surface area contributed by atoms with Crippen LogP contribution >= 0.6 is 0 Å². The monoisotopic (exact) mass is 326 g/mol. The fourth-order valence-electron chi connectivity index (χ4n) is 2.54. The van der Waals surface area contributed by atoms with E-state index in [1.165, 1.54) is 4.31 Å². The highest BCUT2D eigenvalue weighted by atomic mass is 32.2. The van der Waals surface area contributed by atoms with Gasteiger partial charge in [-0.3, -0.25) is 4.79 Å². The molecule has 7 heteroatoms. The quantitative estimate of drug-likeness (QED) is 0.787. The average Bonchev–Trinajstić information content (AvgIpc) is 2.56. The molecule has 0 spiro atoms. The lowest BCUT2D eigenvalue weighted by molar-refractivity contribution is -0.126. The Balaban J connectivity index is 2.03. The molecule has 6 nitrogen and oxygen atoms in total.